The number of aryl methyl sites for hydroxylation is 1. The van der Waals surface area contributed by atoms with E-state index in [0.717, 1.165) is 22.2 Å². The number of nitrogens with zero attached hydrogens (tertiary/aromatic N) is 1. The predicted molar refractivity (Wildman–Crippen MR) is 67.3 cm³/mol. The number of aromatic nitrogens is 1. The van der Waals surface area contributed by atoms with Crippen molar-refractivity contribution in [2.75, 3.05) is 12.4 Å². The summed E-state index contributed by atoms with van der Waals surface area (Å²) >= 11 is 0. The molecule has 1 heterocycles. The zero-order valence-electron chi connectivity index (χ0n) is 10.1. The molecule has 0 radical (unpaired) electrons. The van der Waals surface area contributed by atoms with Crippen molar-refractivity contribution in [1.29, 1.82) is 0 Å². The van der Waals surface area contributed by atoms with Crippen LogP contribution in [-0.2, 0) is 4.79 Å². The first-order valence-electron chi connectivity index (χ1n) is 5.33. The van der Waals surface area contributed by atoms with Gasteiger partial charge in [0.25, 0.3) is 0 Å². The zero-order chi connectivity index (χ0) is 12.4. The topological polar surface area (TPSA) is 51.2 Å². The van der Waals surface area contributed by atoms with Crippen molar-refractivity contribution in [3.8, 4) is 5.75 Å². The molecule has 4 heteroatoms. The van der Waals surface area contributed by atoms with Crippen LogP contribution in [0.25, 0.3) is 10.9 Å². The van der Waals surface area contributed by atoms with Gasteiger partial charge in [0.1, 0.15) is 11.6 Å². The van der Waals surface area contributed by atoms with Gasteiger partial charge in [-0.3, -0.25) is 4.79 Å². The predicted octanol–water partition coefficient (Wildman–Crippen LogP) is 2.51. The van der Waals surface area contributed by atoms with Gasteiger partial charge in [-0.15, -0.1) is 0 Å². The molecule has 88 valence electrons. The summed E-state index contributed by atoms with van der Waals surface area (Å²) in [7, 11) is 1.62. The lowest BCUT2D eigenvalue weighted by Gasteiger charge is -2.08. The number of rotatable bonds is 2. The standard InChI is InChI=1S/C13H14N2O2/c1-8-6-13(14-9(2)16)15-12-7-10(17-3)4-5-11(8)12/h4-7H,1-3H3,(H,14,15,16). The van der Waals surface area contributed by atoms with Gasteiger partial charge in [-0.1, -0.05) is 0 Å². The molecule has 1 aromatic heterocycles. The Morgan fingerprint density at radius 1 is 1.35 bits per heavy atom. The first-order chi connectivity index (χ1) is 8.10. The van der Waals surface area contributed by atoms with Crippen LogP contribution in [-0.4, -0.2) is 18.0 Å². The van der Waals surface area contributed by atoms with Crippen molar-refractivity contribution >= 4 is 22.6 Å². The van der Waals surface area contributed by atoms with Gasteiger partial charge in [-0.25, -0.2) is 4.98 Å². The third-order valence-corrected chi connectivity index (χ3v) is 2.53. The molecule has 1 aromatic carbocycles. The summed E-state index contributed by atoms with van der Waals surface area (Å²) in [4.78, 5) is 15.4. The van der Waals surface area contributed by atoms with Crippen LogP contribution in [0.5, 0.6) is 5.75 Å². The molecule has 0 bridgehead atoms. The van der Waals surface area contributed by atoms with E-state index in [2.05, 4.69) is 10.3 Å². The number of carbonyl (C=O) groups is 1. The van der Waals surface area contributed by atoms with Crippen LogP contribution in [0.2, 0.25) is 0 Å². The number of methoxy groups -OCH3 is 1. The van der Waals surface area contributed by atoms with Gasteiger partial charge in [0, 0.05) is 18.4 Å². The number of ether oxygens (including phenoxy) is 1. The lowest BCUT2D eigenvalue weighted by molar-refractivity contribution is -0.114. The highest BCUT2D eigenvalue weighted by Gasteiger charge is 2.05. The van der Waals surface area contributed by atoms with E-state index in [9.17, 15) is 4.79 Å². The number of hydrogen-bond acceptors (Lipinski definition) is 3. The van der Waals surface area contributed by atoms with E-state index in [1.165, 1.54) is 6.92 Å². The van der Waals surface area contributed by atoms with Crippen LogP contribution >= 0.6 is 0 Å². The van der Waals surface area contributed by atoms with E-state index in [4.69, 9.17) is 4.74 Å². The molecule has 2 aromatic rings. The summed E-state index contributed by atoms with van der Waals surface area (Å²) in [5.41, 5.74) is 1.88. The SMILES string of the molecule is COc1ccc2c(C)cc(NC(C)=O)nc2c1. The van der Waals surface area contributed by atoms with Gasteiger partial charge in [-0.05, 0) is 30.7 Å². The minimum Gasteiger partial charge on any atom is -0.497 e. The van der Waals surface area contributed by atoms with E-state index in [0.29, 0.717) is 5.82 Å². The molecule has 0 fully saturated rings. The summed E-state index contributed by atoms with van der Waals surface area (Å²) in [5.74, 6) is 1.19. The molecule has 0 aliphatic rings. The highest BCUT2D eigenvalue weighted by atomic mass is 16.5. The maximum atomic E-state index is 11.0. The summed E-state index contributed by atoms with van der Waals surface area (Å²) in [6.07, 6.45) is 0. The van der Waals surface area contributed by atoms with Gasteiger partial charge in [0.05, 0.1) is 12.6 Å². The number of nitrogens with one attached hydrogen (secondary N) is 1. The Balaban J connectivity index is 2.57. The van der Waals surface area contributed by atoms with Crippen LogP contribution in [0.4, 0.5) is 5.82 Å². The van der Waals surface area contributed by atoms with Gasteiger partial charge < -0.3 is 10.1 Å². The Labute approximate surface area is 99.6 Å². The molecular formula is C13H14N2O2. The van der Waals surface area contributed by atoms with E-state index >= 15 is 0 Å². The van der Waals surface area contributed by atoms with Crippen LogP contribution in [0.15, 0.2) is 24.3 Å². The maximum Gasteiger partial charge on any atom is 0.222 e. The van der Waals surface area contributed by atoms with Crippen LogP contribution < -0.4 is 10.1 Å². The monoisotopic (exact) mass is 230 g/mol. The minimum atomic E-state index is -0.126. The van der Waals surface area contributed by atoms with Gasteiger partial charge in [-0.2, -0.15) is 0 Å². The second-order valence-corrected chi connectivity index (χ2v) is 3.89. The number of fused-ring (bicyclic) bond motifs is 1. The van der Waals surface area contributed by atoms with Crippen LogP contribution in [0.3, 0.4) is 0 Å². The smallest absolute Gasteiger partial charge is 0.222 e. The highest BCUT2D eigenvalue weighted by molar-refractivity contribution is 5.91. The van der Waals surface area contributed by atoms with Crippen LogP contribution in [0, 0.1) is 6.92 Å². The average molecular weight is 230 g/mol. The molecule has 2 rings (SSSR count). The van der Waals surface area contributed by atoms with Crippen molar-refractivity contribution < 1.29 is 9.53 Å². The Morgan fingerprint density at radius 2 is 2.12 bits per heavy atom. The lowest BCUT2D eigenvalue weighted by Crippen LogP contribution is -2.07. The molecule has 0 spiro atoms. The van der Waals surface area contributed by atoms with Gasteiger partial charge >= 0.3 is 0 Å². The van der Waals surface area contributed by atoms with Crippen molar-refractivity contribution in [3.05, 3.63) is 29.8 Å². The second-order valence-electron chi connectivity index (χ2n) is 3.89. The fraction of sp³-hybridized carbons (Fsp3) is 0.231. The molecule has 17 heavy (non-hydrogen) atoms. The summed E-state index contributed by atoms with van der Waals surface area (Å²) in [5, 5.41) is 3.74. The summed E-state index contributed by atoms with van der Waals surface area (Å²) < 4.78 is 5.16. The van der Waals surface area contributed by atoms with Gasteiger partial charge in [0.15, 0.2) is 0 Å². The number of carbonyl (C=O) groups excluding carboxylic acids is 1. The molecule has 4 nitrogen and oxygen atoms in total. The van der Waals surface area contributed by atoms with Crippen molar-refractivity contribution in [2.24, 2.45) is 0 Å². The highest BCUT2D eigenvalue weighted by Crippen LogP contribution is 2.24. The summed E-state index contributed by atoms with van der Waals surface area (Å²) in [6.45, 7) is 3.45. The molecule has 0 aliphatic carbocycles. The molecule has 0 saturated heterocycles. The van der Waals surface area contributed by atoms with E-state index in [1.54, 1.807) is 7.11 Å². The van der Waals surface area contributed by atoms with Crippen LogP contribution in [0.1, 0.15) is 12.5 Å². The number of anilines is 1. The van der Waals surface area contributed by atoms with Crippen molar-refractivity contribution in [1.82, 2.24) is 4.98 Å². The second kappa shape index (κ2) is 4.41. The van der Waals surface area contributed by atoms with E-state index in [-0.39, 0.29) is 5.91 Å². The lowest BCUT2D eigenvalue weighted by atomic mass is 10.1. The largest absolute Gasteiger partial charge is 0.497 e. The number of hydrogen-bond donors (Lipinski definition) is 1. The molecule has 0 unspecified atom stereocenters. The third-order valence-electron chi connectivity index (χ3n) is 2.53. The van der Waals surface area contributed by atoms with Crippen molar-refractivity contribution in [2.45, 2.75) is 13.8 Å². The van der Waals surface area contributed by atoms with Crippen molar-refractivity contribution in [3.63, 3.8) is 0 Å². The zero-order valence-corrected chi connectivity index (χ0v) is 10.1. The van der Waals surface area contributed by atoms with Gasteiger partial charge in [0.2, 0.25) is 5.91 Å². The number of pyridine rings is 1. The first kappa shape index (κ1) is 11.4. The third kappa shape index (κ3) is 2.36. The Bertz CT molecular complexity index is 579. The quantitative estimate of drug-likeness (QED) is 0.862. The normalized spacial score (nSPS) is 10.3. The first-order valence-corrected chi connectivity index (χ1v) is 5.33. The molecule has 1 N–H and O–H groups in total. The molecule has 1 amide bonds. The fourth-order valence-corrected chi connectivity index (χ4v) is 1.75. The number of benzene rings is 1. The molecule has 0 saturated carbocycles. The average Bonchev–Trinajstić information content (AvgIpc) is 2.27. The summed E-state index contributed by atoms with van der Waals surface area (Å²) in [6, 6.07) is 7.58. The molecular weight excluding hydrogens is 216 g/mol. The molecule has 0 aliphatic heterocycles. The maximum absolute atomic E-state index is 11.0. The van der Waals surface area contributed by atoms with E-state index in [1.807, 2.05) is 31.2 Å². The Kier molecular flexibility index (Phi) is 2.95. The molecule has 0 atom stereocenters. The Morgan fingerprint density at radius 3 is 2.76 bits per heavy atom. The minimum absolute atomic E-state index is 0.126. The van der Waals surface area contributed by atoms with E-state index < -0.39 is 0 Å². The Hall–Kier alpha value is -2.10. The number of amides is 1. The fourth-order valence-electron chi connectivity index (χ4n) is 1.75.